The first kappa shape index (κ1) is 61.9. The molecule has 0 rings (SSSR count). The lowest BCUT2D eigenvalue weighted by Gasteiger charge is -2.20. The molecule has 0 fully saturated rings. The Morgan fingerprint density at radius 1 is 0.484 bits per heavy atom. The Balaban J connectivity index is 4.16. The van der Waals surface area contributed by atoms with Crippen LogP contribution in [-0.2, 0) is 32.7 Å². The van der Waals surface area contributed by atoms with E-state index >= 15 is 0 Å². The van der Waals surface area contributed by atoms with Crippen molar-refractivity contribution in [2.45, 2.75) is 251 Å². The molecule has 0 aromatic heterocycles. The summed E-state index contributed by atoms with van der Waals surface area (Å²) in [7, 11) is -4.62. The summed E-state index contributed by atoms with van der Waals surface area (Å²) in [4.78, 5) is 35.2. The third-order valence-corrected chi connectivity index (χ3v) is 12.2. The van der Waals surface area contributed by atoms with Crippen LogP contribution in [0.1, 0.15) is 239 Å². The van der Waals surface area contributed by atoms with Gasteiger partial charge in [-0.05, 0) is 51.4 Å². The van der Waals surface area contributed by atoms with Crippen molar-refractivity contribution in [1.82, 2.24) is 0 Å². The predicted molar refractivity (Wildman–Crippen MR) is 265 cm³/mol. The van der Waals surface area contributed by atoms with Gasteiger partial charge < -0.3 is 24.6 Å². The fourth-order valence-electron chi connectivity index (χ4n) is 7.28. The first-order chi connectivity index (χ1) is 31.2. The van der Waals surface area contributed by atoms with Gasteiger partial charge in [0.05, 0.1) is 19.8 Å². The van der Waals surface area contributed by atoms with Crippen LogP contribution < -0.4 is 0 Å². The minimum absolute atomic E-state index is 0.180. The summed E-state index contributed by atoms with van der Waals surface area (Å²) in [6.07, 6.45) is 55.0. The molecular formula is C53H97O10P. The standard InChI is InChI=1S/C53H97O10P/c1-3-5-7-9-11-13-15-17-19-21-23-24-25-26-27-29-31-33-35-37-39-41-43-45-53(57)63-51(49-62-64(58,59)61-47-50(55)46-54)48-60-52(56)44-42-40-38-36-34-32-30-28-22-20-18-16-14-12-10-8-6-4-2/h5,7,11,13,17,19,23-24,50-51,54-55H,3-4,6,8-10,12,14-16,18,20-22,25-49H2,1-2H3,(H,58,59)/b7-5-,13-11-,19-17-,24-23-. The summed E-state index contributed by atoms with van der Waals surface area (Å²) in [5.74, 6) is -0.920. The molecule has 3 N–H and O–H groups in total. The summed E-state index contributed by atoms with van der Waals surface area (Å²) in [5.41, 5.74) is 0. The molecule has 0 saturated heterocycles. The third kappa shape index (κ3) is 47.9. The maximum Gasteiger partial charge on any atom is 0.472 e. The van der Waals surface area contributed by atoms with Crippen molar-refractivity contribution in [2.24, 2.45) is 0 Å². The average Bonchev–Trinajstić information content (AvgIpc) is 3.28. The zero-order chi connectivity index (χ0) is 46.9. The molecule has 0 aliphatic heterocycles. The molecule has 0 aliphatic carbocycles. The molecule has 0 aromatic carbocycles. The van der Waals surface area contributed by atoms with Crippen LogP contribution in [0.15, 0.2) is 48.6 Å². The van der Waals surface area contributed by atoms with Gasteiger partial charge in [-0.25, -0.2) is 4.57 Å². The Bertz CT molecular complexity index is 1200. The molecule has 0 bridgehead atoms. The lowest BCUT2D eigenvalue weighted by Crippen LogP contribution is -2.29. The van der Waals surface area contributed by atoms with Crippen molar-refractivity contribution < 1.29 is 47.8 Å². The monoisotopic (exact) mass is 925 g/mol. The number of esters is 2. The molecule has 64 heavy (non-hydrogen) atoms. The second kappa shape index (κ2) is 48.9. The number of hydrogen-bond donors (Lipinski definition) is 3. The van der Waals surface area contributed by atoms with Crippen LogP contribution in [0.2, 0.25) is 0 Å². The van der Waals surface area contributed by atoms with E-state index in [4.69, 9.17) is 23.6 Å². The minimum atomic E-state index is -4.62. The first-order valence-electron chi connectivity index (χ1n) is 26.1. The largest absolute Gasteiger partial charge is 0.472 e. The van der Waals surface area contributed by atoms with Gasteiger partial charge >= 0.3 is 19.8 Å². The Hall–Kier alpha value is -2.07. The van der Waals surface area contributed by atoms with Gasteiger partial charge in [-0.2, -0.15) is 0 Å². The molecule has 11 heteroatoms. The van der Waals surface area contributed by atoms with E-state index in [0.717, 1.165) is 70.6 Å². The van der Waals surface area contributed by atoms with Crippen molar-refractivity contribution >= 4 is 19.8 Å². The highest BCUT2D eigenvalue weighted by atomic mass is 31.2. The lowest BCUT2D eigenvalue weighted by atomic mass is 10.0. The summed E-state index contributed by atoms with van der Waals surface area (Å²) in [6, 6.07) is 0. The lowest BCUT2D eigenvalue weighted by molar-refractivity contribution is -0.161. The van der Waals surface area contributed by atoms with E-state index in [9.17, 15) is 24.2 Å². The van der Waals surface area contributed by atoms with Crippen molar-refractivity contribution in [3.63, 3.8) is 0 Å². The summed E-state index contributed by atoms with van der Waals surface area (Å²) in [6.45, 7) is 2.31. The van der Waals surface area contributed by atoms with E-state index in [0.29, 0.717) is 12.8 Å². The third-order valence-electron chi connectivity index (χ3n) is 11.2. The van der Waals surface area contributed by atoms with Crippen molar-refractivity contribution in [3.05, 3.63) is 48.6 Å². The molecule has 0 saturated carbocycles. The maximum atomic E-state index is 12.7. The van der Waals surface area contributed by atoms with Crippen LogP contribution in [0.25, 0.3) is 0 Å². The van der Waals surface area contributed by atoms with Crippen LogP contribution in [0.5, 0.6) is 0 Å². The highest BCUT2D eigenvalue weighted by Crippen LogP contribution is 2.43. The van der Waals surface area contributed by atoms with E-state index in [1.165, 1.54) is 128 Å². The van der Waals surface area contributed by atoms with Crippen LogP contribution in [0, 0.1) is 0 Å². The SMILES string of the molecule is CC/C=C\C/C=C\C/C=C\C/C=C\CCCCCCCCCCCCC(=O)OC(COC(=O)CCCCCCCCCCCCCCCCCCCC)COP(=O)(O)OCC(O)CO. The number of aliphatic hydroxyl groups excluding tert-OH is 2. The second-order valence-corrected chi connectivity index (χ2v) is 19.0. The number of carbonyl (C=O) groups excluding carboxylic acids is 2. The van der Waals surface area contributed by atoms with Gasteiger partial charge in [0.25, 0.3) is 0 Å². The quantitative estimate of drug-likeness (QED) is 0.0233. The highest BCUT2D eigenvalue weighted by Gasteiger charge is 2.27. The van der Waals surface area contributed by atoms with Gasteiger partial charge in [0, 0.05) is 12.8 Å². The fourth-order valence-corrected chi connectivity index (χ4v) is 8.07. The molecule has 3 unspecified atom stereocenters. The van der Waals surface area contributed by atoms with E-state index in [1.807, 2.05) is 0 Å². The number of phosphoric ester groups is 1. The van der Waals surface area contributed by atoms with Crippen LogP contribution in [0.4, 0.5) is 0 Å². The number of hydrogen-bond acceptors (Lipinski definition) is 9. The summed E-state index contributed by atoms with van der Waals surface area (Å²) in [5, 5.41) is 18.4. The summed E-state index contributed by atoms with van der Waals surface area (Å²) >= 11 is 0. The number of aliphatic hydroxyl groups is 2. The smallest absolute Gasteiger partial charge is 0.462 e. The number of unbranched alkanes of at least 4 members (excludes halogenated alkanes) is 27. The molecule has 0 radical (unpaired) electrons. The van der Waals surface area contributed by atoms with Crippen LogP contribution in [0.3, 0.4) is 0 Å². The van der Waals surface area contributed by atoms with Gasteiger partial charge in [0.2, 0.25) is 0 Å². The molecule has 0 heterocycles. The zero-order valence-corrected chi connectivity index (χ0v) is 41.9. The number of carbonyl (C=O) groups is 2. The maximum absolute atomic E-state index is 12.7. The molecule has 0 aliphatic rings. The second-order valence-electron chi connectivity index (χ2n) is 17.5. The molecular weight excluding hydrogens is 828 g/mol. The highest BCUT2D eigenvalue weighted by molar-refractivity contribution is 7.47. The number of ether oxygens (including phenoxy) is 2. The van der Waals surface area contributed by atoms with Crippen LogP contribution in [-0.4, -0.2) is 65.7 Å². The minimum Gasteiger partial charge on any atom is -0.462 e. The number of allylic oxidation sites excluding steroid dienone is 8. The molecule has 0 aromatic rings. The fraction of sp³-hybridized carbons (Fsp3) is 0.811. The Labute approximate surface area is 392 Å². The summed E-state index contributed by atoms with van der Waals surface area (Å²) < 4.78 is 32.9. The Kier molecular flexibility index (Phi) is 47.3. The van der Waals surface area contributed by atoms with Gasteiger partial charge in [-0.1, -0.05) is 223 Å². The predicted octanol–water partition coefficient (Wildman–Crippen LogP) is 14.8. The molecule has 3 atom stereocenters. The van der Waals surface area contributed by atoms with Crippen molar-refractivity contribution in [2.75, 3.05) is 26.4 Å². The Morgan fingerprint density at radius 2 is 0.859 bits per heavy atom. The van der Waals surface area contributed by atoms with Gasteiger partial charge in [0.15, 0.2) is 6.10 Å². The van der Waals surface area contributed by atoms with E-state index < -0.39 is 51.8 Å². The molecule has 0 spiro atoms. The normalized spacial score (nSPS) is 14.0. The molecule has 0 amide bonds. The van der Waals surface area contributed by atoms with Gasteiger partial charge in [-0.15, -0.1) is 0 Å². The number of phosphoric acid groups is 1. The Morgan fingerprint density at radius 3 is 1.30 bits per heavy atom. The first-order valence-corrected chi connectivity index (χ1v) is 27.6. The van der Waals surface area contributed by atoms with Crippen molar-refractivity contribution in [1.29, 1.82) is 0 Å². The van der Waals surface area contributed by atoms with Crippen molar-refractivity contribution in [3.8, 4) is 0 Å². The van der Waals surface area contributed by atoms with Gasteiger partial charge in [-0.3, -0.25) is 18.6 Å². The molecule has 10 nitrogen and oxygen atoms in total. The van der Waals surface area contributed by atoms with E-state index in [2.05, 4.69) is 62.5 Å². The average molecular weight is 925 g/mol. The number of rotatable bonds is 49. The van der Waals surface area contributed by atoms with E-state index in [-0.39, 0.29) is 19.4 Å². The van der Waals surface area contributed by atoms with E-state index in [1.54, 1.807) is 0 Å². The van der Waals surface area contributed by atoms with Gasteiger partial charge in [0.1, 0.15) is 12.7 Å². The molecule has 374 valence electrons. The van der Waals surface area contributed by atoms with Crippen LogP contribution >= 0.6 is 7.82 Å². The zero-order valence-electron chi connectivity index (χ0n) is 41.0. The topological polar surface area (TPSA) is 149 Å².